The second kappa shape index (κ2) is 12.9. The van der Waals surface area contributed by atoms with E-state index in [2.05, 4.69) is 35.7 Å². The van der Waals surface area contributed by atoms with Crippen LogP contribution in [0.4, 0.5) is 20.6 Å². The van der Waals surface area contributed by atoms with Gasteiger partial charge in [-0.05, 0) is 90.9 Å². The van der Waals surface area contributed by atoms with Crippen molar-refractivity contribution in [2.24, 2.45) is 0 Å². The van der Waals surface area contributed by atoms with E-state index < -0.39 is 15.8 Å². The van der Waals surface area contributed by atoms with Crippen molar-refractivity contribution in [3.05, 3.63) is 83.2 Å². The molecule has 43 heavy (non-hydrogen) atoms. The normalized spacial score (nSPS) is 15.7. The number of carbonyl (C=O) groups excluding carboxylic acids is 1. The van der Waals surface area contributed by atoms with Gasteiger partial charge in [-0.1, -0.05) is 45.4 Å². The molecule has 2 aliphatic heterocycles. The number of halogens is 1. The number of fused-ring (bicyclic) bond motifs is 1. The summed E-state index contributed by atoms with van der Waals surface area (Å²) in [6.07, 6.45) is 4.61. The fourth-order valence-corrected chi connectivity index (χ4v) is 6.59. The zero-order valence-corrected chi connectivity index (χ0v) is 26.0. The van der Waals surface area contributed by atoms with Gasteiger partial charge < -0.3 is 19.9 Å². The molecule has 3 aromatic carbocycles. The van der Waals surface area contributed by atoms with Crippen LogP contribution >= 0.6 is 0 Å². The first-order chi connectivity index (χ1) is 20.5. The minimum Gasteiger partial charge on any atom is -0.493 e. The summed E-state index contributed by atoms with van der Waals surface area (Å²) < 4.78 is 49.2. The maximum absolute atomic E-state index is 14.8. The van der Waals surface area contributed by atoms with Gasteiger partial charge in [-0.3, -0.25) is 4.72 Å². The number of benzene rings is 3. The zero-order chi connectivity index (χ0) is 30.6. The molecule has 230 valence electrons. The first-order valence-corrected chi connectivity index (χ1v) is 16.4. The highest BCUT2D eigenvalue weighted by molar-refractivity contribution is 7.92. The Morgan fingerprint density at radius 2 is 1.65 bits per heavy atom. The summed E-state index contributed by atoms with van der Waals surface area (Å²) in [6.45, 7) is 10.7. The van der Waals surface area contributed by atoms with E-state index in [-0.39, 0.29) is 28.6 Å². The van der Waals surface area contributed by atoms with Crippen LogP contribution in [0.15, 0.2) is 65.6 Å². The van der Waals surface area contributed by atoms with Crippen molar-refractivity contribution in [3.63, 3.8) is 0 Å². The maximum Gasteiger partial charge on any atom is 0.322 e. The zero-order valence-electron chi connectivity index (χ0n) is 25.2. The third kappa shape index (κ3) is 7.86. The average molecular weight is 609 g/mol. The van der Waals surface area contributed by atoms with Crippen LogP contribution in [-0.4, -0.2) is 50.5 Å². The number of likely N-dealkylation sites (tertiary alicyclic amines) is 1. The molecule has 5 rings (SSSR count). The lowest BCUT2D eigenvalue weighted by atomic mass is 9.87. The van der Waals surface area contributed by atoms with Gasteiger partial charge in [-0.15, -0.1) is 0 Å². The average Bonchev–Trinajstić information content (AvgIpc) is 3.41. The second-order valence-corrected chi connectivity index (χ2v) is 14.1. The van der Waals surface area contributed by atoms with Crippen molar-refractivity contribution in [1.29, 1.82) is 0 Å². The number of nitrogens with one attached hydrogen (secondary N) is 2. The summed E-state index contributed by atoms with van der Waals surface area (Å²) in [5.41, 5.74) is 3.32. The molecule has 0 atom stereocenters. The molecule has 2 amide bonds. The fourth-order valence-electron chi connectivity index (χ4n) is 5.47. The summed E-state index contributed by atoms with van der Waals surface area (Å²) in [5, 5.41) is 2.92. The van der Waals surface area contributed by atoms with Crippen LogP contribution in [0.25, 0.3) is 0 Å². The van der Waals surface area contributed by atoms with Crippen LogP contribution in [0.2, 0.25) is 0 Å². The molecule has 10 heteroatoms. The number of sulfonamides is 1. The summed E-state index contributed by atoms with van der Waals surface area (Å²) in [5.74, 6) is -0.350. The lowest BCUT2D eigenvalue weighted by Crippen LogP contribution is -2.31. The topological polar surface area (TPSA) is 91.0 Å². The van der Waals surface area contributed by atoms with Gasteiger partial charge in [0.2, 0.25) is 0 Å². The molecule has 0 aliphatic carbocycles. The second-order valence-electron chi connectivity index (χ2n) is 12.4. The number of ether oxygens (including phenoxy) is 1. The number of anilines is 2. The predicted octanol–water partition coefficient (Wildman–Crippen LogP) is 6.73. The van der Waals surface area contributed by atoms with Crippen LogP contribution in [0.5, 0.6) is 5.75 Å². The molecule has 0 bridgehead atoms. The fraction of sp³-hybridized carbons (Fsp3) is 0.424. The number of hydrogen-bond acceptors (Lipinski definition) is 5. The SMILES string of the molecule is CC(C)(C)c1ccc(NC(=O)N2Cc3ccc(S(=O)(=O)Nc4ccc(OCCCN5CCCCC5)cc4F)cc3C2)cc1. The minimum absolute atomic E-state index is 0.00344. The van der Waals surface area contributed by atoms with Crippen molar-refractivity contribution in [2.75, 3.05) is 36.3 Å². The molecule has 0 aromatic heterocycles. The van der Waals surface area contributed by atoms with Crippen LogP contribution < -0.4 is 14.8 Å². The van der Waals surface area contributed by atoms with E-state index in [1.165, 1.54) is 43.0 Å². The van der Waals surface area contributed by atoms with E-state index >= 15 is 0 Å². The number of piperidine rings is 1. The Morgan fingerprint density at radius 3 is 2.35 bits per heavy atom. The first kappa shape index (κ1) is 30.8. The molecular formula is C33H41FN4O4S. The number of nitrogens with zero attached hydrogens (tertiary/aromatic N) is 2. The highest BCUT2D eigenvalue weighted by Crippen LogP contribution is 2.29. The number of urea groups is 1. The van der Waals surface area contributed by atoms with Crippen molar-refractivity contribution >= 4 is 27.4 Å². The van der Waals surface area contributed by atoms with Gasteiger partial charge in [0.15, 0.2) is 5.82 Å². The predicted molar refractivity (Wildman–Crippen MR) is 167 cm³/mol. The van der Waals surface area contributed by atoms with Crippen LogP contribution in [0.3, 0.4) is 0 Å². The van der Waals surface area contributed by atoms with E-state index in [0.717, 1.165) is 37.2 Å². The molecule has 1 fully saturated rings. The molecule has 1 saturated heterocycles. The van der Waals surface area contributed by atoms with Gasteiger partial charge in [0.25, 0.3) is 10.0 Å². The molecular weight excluding hydrogens is 567 g/mol. The summed E-state index contributed by atoms with van der Waals surface area (Å²) >= 11 is 0. The van der Waals surface area contributed by atoms with E-state index in [1.807, 2.05) is 24.3 Å². The molecule has 3 aromatic rings. The van der Waals surface area contributed by atoms with Crippen molar-refractivity contribution < 1.29 is 22.3 Å². The van der Waals surface area contributed by atoms with E-state index in [9.17, 15) is 17.6 Å². The largest absolute Gasteiger partial charge is 0.493 e. The quantitative estimate of drug-likeness (QED) is 0.263. The summed E-state index contributed by atoms with van der Waals surface area (Å²) in [6, 6.07) is 16.4. The number of hydrogen-bond donors (Lipinski definition) is 2. The number of carbonyl (C=O) groups is 1. The van der Waals surface area contributed by atoms with Crippen LogP contribution in [-0.2, 0) is 28.5 Å². The van der Waals surface area contributed by atoms with Gasteiger partial charge in [-0.25, -0.2) is 17.6 Å². The number of rotatable bonds is 9. The highest BCUT2D eigenvalue weighted by atomic mass is 32.2. The molecule has 0 radical (unpaired) electrons. The standard InChI is InChI=1S/C33H41FN4O4S/c1-33(2,3)26-9-11-27(12-10-26)35-32(39)38-22-24-8-14-29(20-25(24)23-38)43(40,41)36-31-15-13-28(21-30(31)34)42-19-7-18-37-16-5-4-6-17-37/h8-15,20-21,36H,4-7,16-19,22-23H2,1-3H3,(H,35,39). The summed E-state index contributed by atoms with van der Waals surface area (Å²) in [7, 11) is -4.06. The number of amides is 2. The Labute approximate surface area is 254 Å². The van der Waals surface area contributed by atoms with Gasteiger partial charge in [0.1, 0.15) is 5.75 Å². The molecule has 2 N–H and O–H groups in total. The van der Waals surface area contributed by atoms with Crippen LogP contribution in [0, 0.1) is 5.82 Å². The smallest absolute Gasteiger partial charge is 0.322 e. The lowest BCUT2D eigenvalue weighted by Gasteiger charge is -2.26. The van der Waals surface area contributed by atoms with E-state index in [0.29, 0.717) is 24.6 Å². The third-order valence-corrected chi connectivity index (χ3v) is 9.38. The molecule has 2 heterocycles. The lowest BCUT2D eigenvalue weighted by molar-refractivity contribution is 0.205. The Balaban J connectivity index is 1.16. The highest BCUT2D eigenvalue weighted by Gasteiger charge is 2.26. The van der Waals surface area contributed by atoms with E-state index in [1.54, 1.807) is 23.1 Å². The maximum atomic E-state index is 14.8. The Morgan fingerprint density at radius 1 is 0.930 bits per heavy atom. The first-order valence-electron chi connectivity index (χ1n) is 14.9. The minimum atomic E-state index is -4.06. The third-order valence-electron chi connectivity index (χ3n) is 8.02. The molecule has 2 aliphatic rings. The molecule has 8 nitrogen and oxygen atoms in total. The molecule has 0 saturated carbocycles. The van der Waals surface area contributed by atoms with Gasteiger partial charge in [-0.2, -0.15) is 0 Å². The Kier molecular flexibility index (Phi) is 9.27. The van der Waals surface area contributed by atoms with Gasteiger partial charge in [0.05, 0.1) is 17.2 Å². The summed E-state index contributed by atoms with van der Waals surface area (Å²) in [4.78, 5) is 17.0. The van der Waals surface area contributed by atoms with Crippen molar-refractivity contribution in [1.82, 2.24) is 9.80 Å². The van der Waals surface area contributed by atoms with Crippen LogP contribution in [0.1, 0.15) is 63.1 Å². The van der Waals surface area contributed by atoms with Gasteiger partial charge in [0, 0.05) is 31.4 Å². The molecule has 0 spiro atoms. The van der Waals surface area contributed by atoms with Crippen molar-refractivity contribution in [2.45, 2.75) is 69.9 Å². The van der Waals surface area contributed by atoms with Crippen molar-refractivity contribution in [3.8, 4) is 5.75 Å². The monoisotopic (exact) mass is 608 g/mol. The van der Waals surface area contributed by atoms with Gasteiger partial charge >= 0.3 is 6.03 Å². The Bertz CT molecular complexity index is 1550. The molecule has 0 unspecified atom stereocenters. The Hall–Kier alpha value is -3.63. The van der Waals surface area contributed by atoms with E-state index in [4.69, 9.17) is 4.74 Å².